The predicted octanol–water partition coefficient (Wildman–Crippen LogP) is 6.52. The smallest absolute Gasteiger partial charge is 0.406 e. The highest BCUT2D eigenvalue weighted by Crippen LogP contribution is 2.34. The first kappa shape index (κ1) is 32.0. The number of nitrogens with zero attached hydrogens (tertiary/aromatic N) is 5. The summed E-state index contributed by atoms with van der Waals surface area (Å²) < 4.78 is 42.6. The van der Waals surface area contributed by atoms with Crippen LogP contribution in [0.2, 0.25) is 0 Å². The van der Waals surface area contributed by atoms with Crippen LogP contribution in [0.5, 0.6) is 5.75 Å². The number of aliphatic hydroxyl groups excluding tert-OH is 1. The standard InChI is InChI=1S/C32H33F3N6O3S/c1-19(2)26-13-5-20(3)15-27(26)41-29(42)17-45-31(41)38-30(43)37-23-8-6-22(21(4)16-23)7-14-28-36-18-40(39-28)24-9-11-25(12-10-24)44-32(33,34)35/h5-6,8-13,15-16,18-19,30,37,43H,7,14,17H2,1-4H3/b38-31-. The van der Waals surface area contributed by atoms with Gasteiger partial charge in [-0.2, -0.15) is 5.10 Å². The summed E-state index contributed by atoms with van der Waals surface area (Å²) in [7, 11) is 0. The lowest BCUT2D eigenvalue weighted by molar-refractivity contribution is -0.274. The van der Waals surface area contributed by atoms with E-state index in [0.29, 0.717) is 35.2 Å². The fourth-order valence-corrected chi connectivity index (χ4v) is 5.85. The number of thioether (sulfide) groups is 1. The van der Waals surface area contributed by atoms with Gasteiger partial charge in [-0.25, -0.2) is 14.7 Å². The lowest BCUT2D eigenvalue weighted by atomic mass is 9.99. The van der Waals surface area contributed by atoms with Crippen molar-refractivity contribution in [3.05, 3.63) is 95.1 Å². The summed E-state index contributed by atoms with van der Waals surface area (Å²) >= 11 is 1.30. The fourth-order valence-electron chi connectivity index (χ4n) is 4.97. The Labute approximate surface area is 263 Å². The summed E-state index contributed by atoms with van der Waals surface area (Å²) in [5.74, 6) is 0.657. The molecule has 0 bridgehead atoms. The summed E-state index contributed by atoms with van der Waals surface area (Å²) in [4.78, 5) is 23.2. The molecule has 2 heterocycles. The molecule has 1 unspecified atom stereocenters. The Balaban J connectivity index is 1.21. The van der Waals surface area contributed by atoms with Gasteiger partial charge in [0.05, 0.1) is 17.1 Å². The van der Waals surface area contributed by atoms with E-state index in [-0.39, 0.29) is 23.3 Å². The molecule has 0 radical (unpaired) electrons. The van der Waals surface area contributed by atoms with Crippen LogP contribution in [0.3, 0.4) is 0 Å². The number of amidine groups is 1. The number of benzene rings is 3. The highest BCUT2D eigenvalue weighted by molar-refractivity contribution is 8.15. The fraction of sp³-hybridized carbons (Fsp3) is 0.312. The van der Waals surface area contributed by atoms with E-state index in [1.165, 1.54) is 47.0 Å². The van der Waals surface area contributed by atoms with E-state index in [0.717, 1.165) is 27.9 Å². The molecular formula is C32H33F3N6O3S. The Bertz CT molecular complexity index is 1710. The Morgan fingerprint density at radius 3 is 2.51 bits per heavy atom. The second kappa shape index (κ2) is 13.3. The van der Waals surface area contributed by atoms with Crippen LogP contribution in [-0.4, -0.2) is 49.4 Å². The predicted molar refractivity (Wildman–Crippen MR) is 169 cm³/mol. The van der Waals surface area contributed by atoms with Crippen LogP contribution in [0.25, 0.3) is 5.69 Å². The van der Waals surface area contributed by atoms with E-state index < -0.39 is 12.7 Å². The van der Waals surface area contributed by atoms with Gasteiger partial charge in [-0.05, 0) is 90.9 Å². The molecule has 0 spiro atoms. The third-order valence-corrected chi connectivity index (χ3v) is 8.11. The first-order valence-electron chi connectivity index (χ1n) is 14.3. The molecule has 2 N–H and O–H groups in total. The molecule has 1 aliphatic rings. The second-order valence-corrected chi connectivity index (χ2v) is 11.9. The molecule has 1 fully saturated rings. The van der Waals surface area contributed by atoms with Crippen molar-refractivity contribution in [3.63, 3.8) is 0 Å². The van der Waals surface area contributed by atoms with Gasteiger partial charge in [0.2, 0.25) is 12.3 Å². The van der Waals surface area contributed by atoms with Gasteiger partial charge < -0.3 is 15.2 Å². The average molecular weight is 639 g/mol. The topological polar surface area (TPSA) is 105 Å². The van der Waals surface area contributed by atoms with E-state index in [2.05, 4.69) is 39.0 Å². The molecule has 1 saturated heterocycles. The number of carbonyl (C=O) groups excluding carboxylic acids is 1. The van der Waals surface area contributed by atoms with Crippen molar-refractivity contribution >= 4 is 34.2 Å². The number of rotatable bonds is 10. The number of halogens is 3. The first-order chi connectivity index (χ1) is 21.4. The molecule has 4 aromatic rings. The summed E-state index contributed by atoms with van der Waals surface area (Å²) in [5, 5.41) is 18.7. The first-order valence-corrected chi connectivity index (χ1v) is 15.3. The van der Waals surface area contributed by atoms with Crippen LogP contribution in [0.4, 0.5) is 24.5 Å². The molecule has 3 aromatic carbocycles. The molecule has 1 amide bonds. The van der Waals surface area contributed by atoms with Crippen molar-refractivity contribution in [2.24, 2.45) is 4.99 Å². The molecule has 0 aliphatic carbocycles. The van der Waals surface area contributed by atoms with E-state index >= 15 is 0 Å². The van der Waals surface area contributed by atoms with Crippen molar-refractivity contribution in [1.82, 2.24) is 14.8 Å². The molecule has 1 aromatic heterocycles. The third kappa shape index (κ3) is 8.03. The maximum absolute atomic E-state index is 12.9. The molecule has 45 heavy (non-hydrogen) atoms. The Morgan fingerprint density at radius 2 is 1.82 bits per heavy atom. The minimum Gasteiger partial charge on any atom is -0.406 e. The van der Waals surface area contributed by atoms with Crippen LogP contribution in [0.15, 0.2) is 72.0 Å². The number of carbonyl (C=O) groups is 1. The van der Waals surface area contributed by atoms with Crippen molar-refractivity contribution in [2.75, 3.05) is 16.0 Å². The lowest BCUT2D eigenvalue weighted by Gasteiger charge is -2.23. The number of aliphatic imine (C=N–C) groups is 1. The maximum Gasteiger partial charge on any atom is 0.573 e. The average Bonchev–Trinajstić information content (AvgIpc) is 3.58. The maximum atomic E-state index is 12.9. The number of hydrogen-bond acceptors (Lipinski definition) is 8. The number of aromatic nitrogens is 3. The van der Waals surface area contributed by atoms with Crippen LogP contribution < -0.4 is 15.0 Å². The van der Waals surface area contributed by atoms with Crippen molar-refractivity contribution < 1.29 is 27.8 Å². The molecule has 0 saturated carbocycles. The number of anilines is 2. The van der Waals surface area contributed by atoms with Gasteiger partial charge >= 0.3 is 6.36 Å². The van der Waals surface area contributed by atoms with Gasteiger partial charge in [-0.1, -0.05) is 43.8 Å². The van der Waals surface area contributed by atoms with Crippen LogP contribution in [0, 0.1) is 13.8 Å². The van der Waals surface area contributed by atoms with Crippen molar-refractivity contribution in [1.29, 1.82) is 0 Å². The molecular weight excluding hydrogens is 605 g/mol. The number of aliphatic hydroxyl groups is 1. The summed E-state index contributed by atoms with van der Waals surface area (Å²) in [5.41, 5.74) is 6.15. The minimum atomic E-state index is -4.75. The monoisotopic (exact) mass is 638 g/mol. The van der Waals surface area contributed by atoms with E-state index in [1.54, 1.807) is 4.90 Å². The highest BCUT2D eigenvalue weighted by Gasteiger charge is 2.33. The number of ether oxygens (including phenoxy) is 1. The number of amides is 1. The molecule has 236 valence electrons. The summed E-state index contributed by atoms with van der Waals surface area (Å²) in [6.07, 6.45) is -3.30. The summed E-state index contributed by atoms with van der Waals surface area (Å²) in [6, 6.07) is 17.1. The second-order valence-electron chi connectivity index (χ2n) is 11.0. The number of alkyl halides is 3. The Kier molecular flexibility index (Phi) is 9.49. The molecule has 13 heteroatoms. The van der Waals surface area contributed by atoms with Crippen molar-refractivity contribution in [3.8, 4) is 11.4 Å². The Hall–Kier alpha value is -4.36. The van der Waals surface area contributed by atoms with Gasteiger partial charge in [0, 0.05) is 12.1 Å². The normalized spacial score (nSPS) is 15.3. The van der Waals surface area contributed by atoms with Gasteiger partial charge in [0.15, 0.2) is 11.0 Å². The highest BCUT2D eigenvalue weighted by atomic mass is 32.2. The molecule has 9 nitrogen and oxygen atoms in total. The van der Waals surface area contributed by atoms with E-state index in [9.17, 15) is 23.1 Å². The largest absolute Gasteiger partial charge is 0.573 e. The van der Waals surface area contributed by atoms with Gasteiger partial charge in [0.25, 0.3) is 0 Å². The van der Waals surface area contributed by atoms with E-state index in [1.807, 2.05) is 50.2 Å². The van der Waals surface area contributed by atoms with Gasteiger partial charge in [0.1, 0.15) is 12.1 Å². The zero-order valence-electron chi connectivity index (χ0n) is 25.2. The number of aryl methyl sites for hydroxylation is 4. The number of hydrogen-bond donors (Lipinski definition) is 2. The number of nitrogens with one attached hydrogen (secondary N) is 1. The SMILES string of the molecule is Cc1ccc(C(C)C)c(N2C(=O)CS/C2=N\C(O)Nc2ccc(CCc3ncn(-c4ccc(OC(F)(F)F)cc4)n3)c(C)c2)c1. The van der Waals surface area contributed by atoms with Gasteiger partial charge in [-0.3, -0.25) is 9.69 Å². The van der Waals surface area contributed by atoms with Crippen LogP contribution >= 0.6 is 11.8 Å². The molecule has 5 rings (SSSR count). The van der Waals surface area contributed by atoms with Crippen LogP contribution in [0.1, 0.15) is 47.8 Å². The summed E-state index contributed by atoms with van der Waals surface area (Å²) in [6.45, 7) is 8.10. The van der Waals surface area contributed by atoms with Crippen molar-refractivity contribution in [2.45, 2.75) is 59.2 Å². The Morgan fingerprint density at radius 1 is 1.07 bits per heavy atom. The minimum absolute atomic E-state index is 0.0774. The van der Waals surface area contributed by atoms with Crippen LogP contribution in [-0.2, 0) is 17.6 Å². The third-order valence-electron chi connectivity index (χ3n) is 7.18. The van der Waals surface area contributed by atoms with Gasteiger partial charge in [-0.15, -0.1) is 13.2 Å². The zero-order valence-corrected chi connectivity index (χ0v) is 26.0. The lowest BCUT2D eigenvalue weighted by Crippen LogP contribution is -2.32. The van der Waals surface area contributed by atoms with E-state index in [4.69, 9.17) is 0 Å². The molecule has 1 aliphatic heterocycles. The quantitative estimate of drug-likeness (QED) is 0.191. The molecule has 1 atom stereocenters. The zero-order chi connectivity index (χ0) is 32.3.